The second kappa shape index (κ2) is 32.2. The van der Waals surface area contributed by atoms with Crippen molar-refractivity contribution < 1.29 is 78.0 Å². The van der Waals surface area contributed by atoms with Crippen molar-refractivity contribution in [3.8, 4) is 0 Å². The normalized spacial score (nSPS) is 13.8. The summed E-state index contributed by atoms with van der Waals surface area (Å²) in [5.41, 5.74) is 5.00. The van der Waals surface area contributed by atoms with E-state index in [0.29, 0.717) is 11.1 Å². The second-order valence-corrected chi connectivity index (χ2v) is 19.9. The summed E-state index contributed by atoms with van der Waals surface area (Å²) < 4.78 is 0. The molecule has 0 fully saturated rings. The molecule has 0 radical (unpaired) electrons. The number of aliphatic carboxylic acids is 4. The topological polar surface area (TPSA) is 382 Å². The fourth-order valence-corrected chi connectivity index (χ4v) is 8.10. The van der Waals surface area contributed by atoms with Crippen molar-refractivity contribution in [3.63, 3.8) is 0 Å². The molecular formula is C62H66N8O16. The van der Waals surface area contributed by atoms with Crippen LogP contribution >= 0.6 is 0 Å². The van der Waals surface area contributed by atoms with E-state index in [2.05, 4.69) is 42.5 Å². The van der Waals surface area contributed by atoms with Gasteiger partial charge in [0.05, 0.1) is 12.8 Å². The molecule has 0 aromatic heterocycles. The molecule has 24 heteroatoms. The van der Waals surface area contributed by atoms with Gasteiger partial charge in [-0.2, -0.15) is 0 Å². The quantitative estimate of drug-likeness (QED) is 0.0294. The molecule has 0 spiro atoms. The first-order valence-electron chi connectivity index (χ1n) is 26.9. The summed E-state index contributed by atoms with van der Waals surface area (Å²) in [6.07, 6.45) is 5.48. The molecule has 5 aromatic carbocycles. The van der Waals surface area contributed by atoms with Crippen molar-refractivity contribution >= 4 is 95.4 Å². The number of nitrogens with one attached hydrogen (secondary N) is 8. The third-order valence-electron chi connectivity index (χ3n) is 13.0. The first-order valence-corrected chi connectivity index (χ1v) is 26.9. The Kier molecular flexibility index (Phi) is 24.7. The Morgan fingerprint density at radius 2 is 0.581 bits per heavy atom. The maximum Gasteiger partial charge on any atom is 0.326 e. The Labute approximate surface area is 493 Å². The molecular weight excluding hydrogens is 1110 g/mol. The number of carboxylic acid groups (broad SMARTS) is 4. The van der Waals surface area contributed by atoms with Crippen molar-refractivity contribution in [2.45, 2.75) is 102 Å². The van der Waals surface area contributed by atoms with Gasteiger partial charge in [0.2, 0.25) is 35.4 Å². The van der Waals surface area contributed by atoms with Gasteiger partial charge in [0.1, 0.15) is 48.3 Å². The predicted molar refractivity (Wildman–Crippen MR) is 314 cm³/mol. The molecule has 0 saturated heterocycles. The van der Waals surface area contributed by atoms with Crippen LogP contribution in [0.3, 0.4) is 0 Å². The van der Waals surface area contributed by atoms with Gasteiger partial charge in [-0.25, -0.2) is 9.59 Å². The summed E-state index contributed by atoms with van der Waals surface area (Å²) in [5, 5.41) is 56.5. The van der Waals surface area contributed by atoms with E-state index < -0.39 is 132 Å². The highest BCUT2D eigenvalue weighted by atomic mass is 16.4. The minimum Gasteiger partial charge on any atom is -0.481 e. The monoisotopic (exact) mass is 1180 g/mol. The lowest BCUT2D eigenvalue weighted by atomic mass is 10.0. The zero-order chi connectivity index (χ0) is 63.0. The smallest absolute Gasteiger partial charge is 0.326 e. The molecule has 12 N–H and O–H groups in total. The molecule has 8 atom stereocenters. The van der Waals surface area contributed by atoms with E-state index in [1.807, 2.05) is 48.6 Å². The van der Waals surface area contributed by atoms with E-state index in [1.54, 1.807) is 109 Å². The van der Waals surface area contributed by atoms with Crippen LogP contribution in [0.1, 0.15) is 94.6 Å². The van der Waals surface area contributed by atoms with Gasteiger partial charge in [-0.15, -0.1) is 0 Å². The summed E-state index contributed by atoms with van der Waals surface area (Å²) in [6, 6.07) is 26.9. The predicted octanol–water partition coefficient (Wildman–Crippen LogP) is 2.82. The summed E-state index contributed by atoms with van der Waals surface area (Å²) in [7, 11) is 0. The molecule has 5 aromatic rings. The van der Waals surface area contributed by atoms with Gasteiger partial charge in [0.25, 0.3) is 11.8 Å². The molecule has 8 amide bonds. The maximum absolute atomic E-state index is 13.2. The molecule has 86 heavy (non-hydrogen) atoms. The van der Waals surface area contributed by atoms with Crippen LogP contribution in [0.2, 0.25) is 0 Å². The molecule has 24 nitrogen and oxygen atoms in total. The van der Waals surface area contributed by atoms with Gasteiger partial charge in [0, 0.05) is 24.0 Å². The lowest BCUT2D eigenvalue weighted by Crippen LogP contribution is -2.57. The van der Waals surface area contributed by atoms with Crippen molar-refractivity contribution in [3.05, 3.63) is 178 Å². The van der Waals surface area contributed by atoms with E-state index in [9.17, 15) is 67.7 Å². The van der Waals surface area contributed by atoms with Crippen LogP contribution in [0.5, 0.6) is 0 Å². The van der Waals surface area contributed by atoms with E-state index in [0.717, 1.165) is 22.3 Å². The SMILES string of the molecule is C[C@H](NC(=O)c1ccc(/C=C/c2ccc(/C=C/c3ccc(C(=O)N[C@@H](C)C(=O)N[C@@H](C)C(=O)N[C@@H](Cc4ccccc4)C(=O)N[C@@H](CC(=O)O)C(=O)O)cc3)cc2)cc1)C(=O)N[C@@H](C)C(=O)NC(Cc1ccccc1)C(=O)N[C@@H](CC(=O)O)C(=O)O. The Morgan fingerprint density at radius 1 is 0.326 bits per heavy atom. The van der Waals surface area contributed by atoms with Crippen LogP contribution in [0.4, 0.5) is 0 Å². The summed E-state index contributed by atoms with van der Waals surface area (Å²) in [5.74, 6) is -12.2. The number of rotatable bonds is 30. The first kappa shape index (κ1) is 66.0. The average molecular weight is 1180 g/mol. The second-order valence-electron chi connectivity index (χ2n) is 19.9. The summed E-state index contributed by atoms with van der Waals surface area (Å²) >= 11 is 0. The molecule has 0 aliphatic heterocycles. The number of carbonyl (C=O) groups excluding carboxylic acids is 8. The summed E-state index contributed by atoms with van der Waals surface area (Å²) in [4.78, 5) is 151. The van der Waals surface area contributed by atoms with Crippen LogP contribution in [-0.2, 0) is 60.8 Å². The third kappa shape index (κ3) is 21.5. The van der Waals surface area contributed by atoms with E-state index >= 15 is 0 Å². The number of benzene rings is 5. The first-order chi connectivity index (χ1) is 40.8. The lowest BCUT2D eigenvalue weighted by Gasteiger charge is -2.24. The molecule has 0 heterocycles. The number of carboxylic acids is 4. The molecule has 0 aliphatic carbocycles. The molecule has 0 aliphatic rings. The van der Waals surface area contributed by atoms with Crippen molar-refractivity contribution in [1.29, 1.82) is 0 Å². The Bertz CT molecular complexity index is 3100. The highest BCUT2D eigenvalue weighted by Crippen LogP contribution is 2.15. The fourth-order valence-electron chi connectivity index (χ4n) is 8.10. The fraction of sp³-hybridized carbons (Fsp3) is 0.258. The zero-order valence-electron chi connectivity index (χ0n) is 47.1. The zero-order valence-corrected chi connectivity index (χ0v) is 47.1. The van der Waals surface area contributed by atoms with Gasteiger partial charge in [-0.05, 0) is 85.3 Å². The van der Waals surface area contributed by atoms with Crippen LogP contribution in [-0.4, -0.2) is 140 Å². The van der Waals surface area contributed by atoms with Gasteiger partial charge in [-0.3, -0.25) is 47.9 Å². The van der Waals surface area contributed by atoms with E-state index in [4.69, 9.17) is 10.2 Å². The minimum absolute atomic E-state index is 0.0819. The Morgan fingerprint density at radius 3 is 0.860 bits per heavy atom. The van der Waals surface area contributed by atoms with Crippen LogP contribution < -0.4 is 42.5 Å². The van der Waals surface area contributed by atoms with E-state index in [1.165, 1.54) is 27.7 Å². The van der Waals surface area contributed by atoms with Gasteiger partial charge < -0.3 is 63.0 Å². The highest BCUT2D eigenvalue weighted by Gasteiger charge is 2.32. The van der Waals surface area contributed by atoms with E-state index in [-0.39, 0.29) is 24.0 Å². The Hall–Kier alpha value is -10.8. The van der Waals surface area contributed by atoms with Crippen molar-refractivity contribution in [1.82, 2.24) is 42.5 Å². The third-order valence-corrected chi connectivity index (χ3v) is 13.0. The van der Waals surface area contributed by atoms with Gasteiger partial charge in [0.15, 0.2) is 0 Å². The minimum atomic E-state index is -1.77. The Balaban J connectivity index is 1.06. The van der Waals surface area contributed by atoms with Crippen LogP contribution in [0, 0.1) is 0 Å². The molecule has 5 rings (SSSR count). The van der Waals surface area contributed by atoms with Crippen molar-refractivity contribution in [2.24, 2.45) is 0 Å². The van der Waals surface area contributed by atoms with Crippen molar-refractivity contribution in [2.75, 3.05) is 0 Å². The lowest BCUT2D eigenvalue weighted by molar-refractivity contribution is -0.147. The average Bonchev–Trinajstić information content (AvgIpc) is 3.67. The number of hydrogen-bond acceptors (Lipinski definition) is 12. The van der Waals surface area contributed by atoms with Crippen LogP contribution in [0.25, 0.3) is 24.3 Å². The van der Waals surface area contributed by atoms with Crippen LogP contribution in [0.15, 0.2) is 133 Å². The summed E-state index contributed by atoms with van der Waals surface area (Å²) in [6.45, 7) is 5.53. The largest absolute Gasteiger partial charge is 0.481 e. The number of amides is 8. The molecule has 0 saturated carbocycles. The van der Waals surface area contributed by atoms with Gasteiger partial charge >= 0.3 is 23.9 Å². The standard InChI is InChI=1S/C62H66N8O16/c1-35(53(75)63-37(3)55(77)67-47(31-43-11-7-5-8-12-43)59(81)69-49(61(83)84)33-51(71)72)65-57(79)45-27-23-41(24-28-45)21-19-39-15-17-40(18-16-39)20-22-42-25-29-46(30-26-42)58(80)66-36(2)54(76)64-38(4)56(78)68-48(32-44-13-9-6-10-14-44)60(82)70-50(62(85)86)34-52(73)74/h5-30,35-38,47-50H,31-34H2,1-4H3,(H,63,75)(H,64,76)(H,65,79)(H,66,80)(H,67,77)(H,68,78)(H,69,81)(H,70,82)(H,71,72)(H,73,74)(H,83,84)(H,85,86)/b21-19+,22-20+/t35-,36-,37-,38-,47-,48?,49-,50-/m0/s1. The molecule has 450 valence electrons. The molecule has 1 unspecified atom stereocenters. The highest BCUT2D eigenvalue weighted by molar-refractivity contribution is 6.00. The molecule has 0 bridgehead atoms. The maximum atomic E-state index is 13.2. The number of hydrogen-bond donors (Lipinski definition) is 12. The number of carbonyl (C=O) groups is 12. The van der Waals surface area contributed by atoms with Gasteiger partial charge in [-0.1, -0.05) is 133 Å².